The van der Waals surface area contributed by atoms with E-state index in [0.717, 1.165) is 34.2 Å². The molecule has 1 fully saturated rings. The molecule has 4 aromatic carbocycles. The van der Waals surface area contributed by atoms with Crippen molar-refractivity contribution in [1.82, 2.24) is 0 Å². The number of rotatable bonds is 9. The van der Waals surface area contributed by atoms with Crippen LogP contribution < -0.4 is 4.74 Å². The first-order chi connectivity index (χ1) is 20.5. The molecule has 6 heteroatoms. The fraction of sp³-hybridized carbons (Fsp3) is 0.270. The van der Waals surface area contributed by atoms with Crippen LogP contribution in [-0.2, 0) is 14.9 Å². The van der Waals surface area contributed by atoms with Crippen LogP contribution in [0.2, 0.25) is 10.0 Å². The average molecular weight is 616 g/mol. The van der Waals surface area contributed by atoms with E-state index in [2.05, 4.69) is 44.7 Å². The summed E-state index contributed by atoms with van der Waals surface area (Å²) in [5, 5.41) is 10.8. The van der Waals surface area contributed by atoms with Crippen LogP contribution in [0.1, 0.15) is 73.1 Å². The van der Waals surface area contributed by atoms with Crippen LogP contribution in [0.3, 0.4) is 0 Å². The third-order valence-electron chi connectivity index (χ3n) is 8.52. The zero-order valence-corrected chi connectivity index (χ0v) is 26.1. The van der Waals surface area contributed by atoms with Crippen molar-refractivity contribution in [2.75, 3.05) is 6.61 Å². The quantitative estimate of drug-likeness (QED) is 0.191. The molecule has 1 aliphatic rings. The first kappa shape index (κ1) is 30.9. The number of hydrogen-bond acceptors (Lipinski definition) is 3. The zero-order valence-electron chi connectivity index (χ0n) is 24.6. The highest BCUT2D eigenvalue weighted by Crippen LogP contribution is 2.54. The monoisotopic (exact) mass is 614 g/mol. The minimum atomic E-state index is -1.04. The van der Waals surface area contributed by atoms with Crippen molar-refractivity contribution in [3.8, 4) is 5.75 Å². The number of benzene rings is 4. The molecule has 0 aromatic heterocycles. The third-order valence-corrected chi connectivity index (χ3v) is 9.01. The van der Waals surface area contributed by atoms with E-state index in [0.29, 0.717) is 15.8 Å². The van der Waals surface area contributed by atoms with Crippen LogP contribution in [0.4, 0.5) is 0 Å². The molecule has 0 saturated carbocycles. The topological polar surface area (TPSA) is 55.8 Å². The number of ether oxygens (including phenoxy) is 2. The summed E-state index contributed by atoms with van der Waals surface area (Å²) in [5.74, 6) is -0.636. The lowest BCUT2D eigenvalue weighted by molar-refractivity contribution is -0.139. The van der Waals surface area contributed by atoms with E-state index in [4.69, 9.17) is 32.7 Å². The number of carboxylic acids is 1. The van der Waals surface area contributed by atoms with Crippen LogP contribution in [-0.4, -0.2) is 17.7 Å². The molecule has 0 unspecified atom stereocenters. The van der Waals surface area contributed by atoms with Crippen LogP contribution in [0.25, 0.3) is 0 Å². The Kier molecular flexibility index (Phi) is 9.31. The highest BCUT2D eigenvalue weighted by molar-refractivity contribution is 6.30. The van der Waals surface area contributed by atoms with Gasteiger partial charge in [0.2, 0.25) is 0 Å². The molecule has 0 aliphatic carbocycles. The van der Waals surface area contributed by atoms with Crippen molar-refractivity contribution in [3.05, 3.63) is 147 Å². The summed E-state index contributed by atoms with van der Waals surface area (Å²) in [6, 6.07) is 32.0. The minimum absolute atomic E-state index is 0.00911. The summed E-state index contributed by atoms with van der Waals surface area (Å²) in [4.78, 5) is 11.5. The molecule has 43 heavy (non-hydrogen) atoms. The Hall–Kier alpha value is -3.57. The summed E-state index contributed by atoms with van der Waals surface area (Å²) in [6.07, 6.45) is -0.0171. The van der Waals surface area contributed by atoms with E-state index in [9.17, 15) is 9.90 Å². The van der Waals surface area contributed by atoms with Gasteiger partial charge in [-0.2, -0.15) is 0 Å². The molecule has 0 radical (unpaired) electrons. The lowest BCUT2D eigenvalue weighted by Gasteiger charge is -2.43. The zero-order chi connectivity index (χ0) is 30.7. The molecule has 0 amide bonds. The van der Waals surface area contributed by atoms with Gasteiger partial charge in [0.25, 0.3) is 0 Å². The number of carboxylic acid groups (broad SMARTS) is 1. The van der Waals surface area contributed by atoms with Crippen molar-refractivity contribution in [2.24, 2.45) is 5.92 Å². The number of halogens is 2. The molecule has 5 rings (SSSR count). The molecule has 4 nitrogen and oxygen atoms in total. The van der Waals surface area contributed by atoms with Crippen molar-refractivity contribution < 1.29 is 19.4 Å². The second kappa shape index (κ2) is 13.0. The molecule has 4 atom stereocenters. The lowest BCUT2D eigenvalue weighted by atomic mass is 9.73. The maximum absolute atomic E-state index is 11.5. The molecule has 1 heterocycles. The average Bonchev–Trinajstić information content (AvgIpc) is 3.00. The van der Waals surface area contributed by atoms with Gasteiger partial charge in [0.05, 0.1) is 12.2 Å². The molecule has 1 saturated heterocycles. The van der Waals surface area contributed by atoms with Crippen molar-refractivity contribution in [2.45, 2.75) is 50.7 Å². The molecule has 0 spiro atoms. The standard InChI is InChI=1S/C37H36Cl2O4/c1-23(2)30-21-31(25-9-8-12-29(39)19-25)35(24-13-16-28(38)17-14-24)43-36(30)32-20-27(15-18-33(32)42-22-34(40)41)37(3,4)26-10-6-5-7-11-26/h5-20,30-31,35-36H,1,21-22H2,2-4H3,(H,40,41)/t30-,31-,35+,36+/m1/s1. The van der Waals surface area contributed by atoms with Gasteiger partial charge < -0.3 is 14.6 Å². The van der Waals surface area contributed by atoms with Crippen LogP contribution in [0, 0.1) is 5.92 Å². The van der Waals surface area contributed by atoms with E-state index in [1.807, 2.05) is 79.7 Å². The Labute approximate surface area is 263 Å². The second-order valence-corrected chi connectivity index (χ2v) is 12.7. The highest BCUT2D eigenvalue weighted by atomic mass is 35.5. The predicted molar refractivity (Wildman–Crippen MR) is 173 cm³/mol. The fourth-order valence-corrected chi connectivity index (χ4v) is 6.41. The van der Waals surface area contributed by atoms with Gasteiger partial charge in [-0.3, -0.25) is 0 Å². The molecule has 1 N–H and O–H groups in total. The summed E-state index contributed by atoms with van der Waals surface area (Å²) in [5.41, 5.74) is 5.77. The maximum atomic E-state index is 11.5. The lowest BCUT2D eigenvalue weighted by Crippen LogP contribution is -2.32. The Morgan fingerprint density at radius 3 is 2.26 bits per heavy atom. The molecule has 0 bridgehead atoms. The predicted octanol–water partition coefficient (Wildman–Crippen LogP) is 9.96. The number of hydrogen-bond donors (Lipinski definition) is 1. The van der Waals surface area contributed by atoms with Crippen molar-refractivity contribution in [1.29, 1.82) is 0 Å². The smallest absolute Gasteiger partial charge is 0.341 e. The van der Waals surface area contributed by atoms with Gasteiger partial charge in [-0.05, 0) is 72.0 Å². The Bertz CT molecular complexity index is 1600. The molecular weight excluding hydrogens is 579 g/mol. The summed E-state index contributed by atoms with van der Waals surface area (Å²) < 4.78 is 13.0. The third kappa shape index (κ3) is 6.83. The van der Waals surface area contributed by atoms with Gasteiger partial charge in [-0.1, -0.05) is 110 Å². The van der Waals surface area contributed by atoms with Gasteiger partial charge in [-0.15, -0.1) is 0 Å². The molecule has 1 aliphatic heterocycles. The first-order valence-electron chi connectivity index (χ1n) is 14.4. The summed E-state index contributed by atoms with van der Waals surface area (Å²) >= 11 is 12.7. The first-order valence-corrected chi connectivity index (χ1v) is 15.2. The van der Waals surface area contributed by atoms with Gasteiger partial charge in [0, 0.05) is 32.9 Å². The van der Waals surface area contributed by atoms with E-state index < -0.39 is 18.7 Å². The summed E-state index contributed by atoms with van der Waals surface area (Å²) in [6.45, 7) is 10.3. The number of aliphatic carboxylic acids is 1. The van der Waals surface area contributed by atoms with Crippen molar-refractivity contribution >= 4 is 29.2 Å². The molecular formula is C37H36Cl2O4. The Morgan fingerprint density at radius 1 is 0.884 bits per heavy atom. The summed E-state index contributed by atoms with van der Waals surface area (Å²) in [7, 11) is 0. The van der Waals surface area contributed by atoms with Crippen LogP contribution in [0.5, 0.6) is 5.75 Å². The normalized spacial score (nSPS) is 20.4. The maximum Gasteiger partial charge on any atom is 0.341 e. The van der Waals surface area contributed by atoms with E-state index in [1.54, 1.807) is 0 Å². The SMILES string of the molecule is C=C(C)[C@H]1C[C@H](c2cccc(Cl)c2)[C@H](c2ccc(Cl)cc2)O[C@@H]1c1cc(C(C)(C)c2ccccc2)ccc1OCC(=O)O. The Morgan fingerprint density at radius 2 is 1.60 bits per heavy atom. The van der Waals surface area contributed by atoms with Crippen LogP contribution >= 0.6 is 23.2 Å². The largest absolute Gasteiger partial charge is 0.482 e. The second-order valence-electron chi connectivity index (χ2n) is 11.8. The van der Waals surface area contributed by atoms with E-state index in [1.165, 1.54) is 5.56 Å². The fourth-order valence-electron chi connectivity index (χ4n) is 6.08. The van der Waals surface area contributed by atoms with Gasteiger partial charge in [0.1, 0.15) is 5.75 Å². The number of carbonyl (C=O) groups is 1. The van der Waals surface area contributed by atoms with E-state index >= 15 is 0 Å². The molecule has 222 valence electrons. The molecule has 4 aromatic rings. The minimum Gasteiger partial charge on any atom is -0.482 e. The van der Waals surface area contributed by atoms with Gasteiger partial charge in [0.15, 0.2) is 6.61 Å². The van der Waals surface area contributed by atoms with Gasteiger partial charge in [-0.25, -0.2) is 4.79 Å². The Balaban J connectivity index is 1.65. The van der Waals surface area contributed by atoms with Crippen molar-refractivity contribution in [3.63, 3.8) is 0 Å². The highest BCUT2D eigenvalue weighted by Gasteiger charge is 2.42. The van der Waals surface area contributed by atoms with Crippen LogP contribution in [0.15, 0.2) is 109 Å². The van der Waals surface area contributed by atoms with E-state index in [-0.39, 0.29) is 23.4 Å². The van der Waals surface area contributed by atoms with Gasteiger partial charge >= 0.3 is 5.97 Å².